The van der Waals surface area contributed by atoms with Gasteiger partial charge in [-0.05, 0) is 24.5 Å². The van der Waals surface area contributed by atoms with Crippen LogP contribution in [0.15, 0.2) is 0 Å². The molecule has 0 amide bonds. The maximum atomic E-state index is 2.40. The average molecular weight is 287 g/mol. The lowest BCUT2D eigenvalue weighted by molar-refractivity contribution is 0.561. The number of hydrogen-bond donors (Lipinski definition) is 0. The van der Waals surface area contributed by atoms with Crippen molar-refractivity contribution >= 4 is 11.8 Å². The zero-order valence-electron chi connectivity index (χ0n) is 14.0. The summed E-state index contributed by atoms with van der Waals surface area (Å²) in [5.74, 6) is 2.30. The Morgan fingerprint density at radius 1 is 0.895 bits per heavy atom. The third-order valence-corrected chi connectivity index (χ3v) is 5.10. The van der Waals surface area contributed by atoms with Crippen molar-refractivity contribution in [3.8, 4) is 0 Å². The van der Waals surface area contributed by atoms with E-state index in [4.69, 9.17) is 0 Å². The van der Waals surface area contributed by atoms with E-state index in [9.17, 15) is 0 Å². The van der Waals surface area contributed by atoms with Crippen molar-refractivity contribution in [1.29, 1.82) is 0 Å². The Morgan fingerprint density at radius 2 is 1.42 bits per heavy atom. The fourth-order valence-electron chi connectivity index (χ4n) is 2.54. The maximum Gasteiger partial charge on any atom is 0.00187 e. The lowest BCUT2D eigenvalue weighted by Gasteiger charge is -2.12. The number of thioether (sulfide) groups is 1. The van der Waals surface area contributed by atoms with E-state index in [-0.39, 0.29) is 0 Å². The Bertz CT molecular complexity index is 153. The van der Waals surface area contributed by atoms with Gasteiger partial charge in [-0.25, -0.2) is 0 Å². The molecule has 1 rings (SSSR count). The van der Waals surface area contributed by atoms with E-state index in [2.05, 4.69) is 39.5 Å². The standard InChI is InChI=1S/C12H24S.C6H14/c1-12-10-8-6-4-2-3-5-7-9-11-13-12;1-4-5-6(2)3/h12H,2-11H2,1H3;6H,4-5H2,1-3H3. The summed E-state index contributed by atoms with van der Waals surface area (Å²) >= 11 is 2.19. The van der Waals surface area contributed by atoms with Crippen molar-refractivity contribution in [3.63, 3.8) is 0 Å². The molecule has 0 aromatic carbocycles. The van der Waals surface area contributed by atoms with Crippen molar-refractivity contribution in [2.45, 2.75) is 104 Å². The van der Waals surface area contributed by atoms with Gasteiger partial charge in [-0.1, -0.05) is 85.5 Å². The van der Waals surface area contributed by atoms with Crippen LogP contribution in [0, 0.1) is 5.92 Å². The largest absolute Gasteiger partial charge is 0.159 e. The van der Waals surface area contributed by atoms with Gasteiger partial charge in [0.1, 0.15) is 0 Å². The van der Waals surface area contributed by atoms with Gasteiger partial charge in [0.05, 0.1) is 0 Å². The zero-order valence-corrected chi connectivity index (χ0v) is 14.9. The Morgan fingerprint density at radius 3 is 1.89 bits per heavy atom. The molecule has 0 spiro atoms. The van der Waals surface area contributed by atoms with Crippen LogP contribution < -0.4 is 0 Å². The quantitative estimate of drug-likeness (QED) is 0.523. The smallest absolute Gasteiger partial charge is 0.00187 e. The molecule has 1 heteroatoms. The van der Waals surface area contributed by atoms with Crippen molar-refractivity contribution in [3.05, 3.63) is 0 Å². The molecule has 0 nitrogen and oxygen atoms in total. The molecular formula is C18H38S. The maximum absolute atomic E-state index is 2.40. The van der Waals surface area contributed by atoms with Crippen molar-refractivity contribution in [2.24, 2.45) is 5.92 Å². The van der Waals surface area contributed by atoms with E-state index in [1.54, 1.807) is 0 Å². The third kappa shape index (κ3) is 16.3. The minimum absolute atomic E-state index is 0.898. The minimum Gasteiger partial charge on any atom is -0.159 e. The zero-order chi connectivity index (χ0) is 14.3. The van der Waals surface area contributed by atoms with Crippen LogP contribution >= 0.6 is 11.8 Å². The van der Waals surface area contributed by atoms with Crippen LogP contribution in [0.2, 0.25) is 0 Å². The molecule has 1 heterocycles. The van der Waals surface area contributed by atoms with E-state index < -0.39 is 0 Å². The lowest BCUT2D eigenvalue weighted by Crippen LogP contribution is -1.98. The van der Waals surface area contributed by atoms with E-state index in [1.807, 2.05) is 0 Å². The molecule has 0 N–H and O–H groups in total. The van der Waals surface area contributed by atoms with Gasteiger partial charge in [0.15, 0.2) is 0 Å². The fraction of sp³-hybridized carbons (Fsp3) is 1.00. The second-order valence-corrected chi connectivity index (χ2v) is 8.03. The second-order valence-electron chi connectivity index (χ2n) is 6.48. The minimum atomic E-state index is 0.898. The Balaban J connectivity index is 0.000000459. The molecule has 0 bridgehead atoms. The van der Waals surface area contributed by atoms with Gasteiger partial charge in [-0.3, -0.25) is 0 Å². The highest BCUT2D eigenvalue weighted by Crippen LogP contribution is 2.21. The predicted octanol–water partition coefficient (Wildman–Crippen LogP) is 7.08. The van der Waals surface area contributed by atoms with E-state index >= 15 is 0 Å². The highest BCUT2D eigenvalue weighted by Gasteiger charge is 2.03. The number of hydrogen-bond acceptors (Lipinski definition) is 1. The monoisotopic (exact) mass is 286 g/mol. The first-order valence-electron chi connectivity index (χ1n) is 8.78. The lowest BCUT2D eigenvalue weighted by atomic mass is 10.1. The summed E-state index contributed by atoms with van der Waals surface area (Å²) in [5.41, 5.74) is 0. The van der Waals surface area contributed by atoms with Crippen LogP contribution in [0.5, 0.6) is 0 Å². The van der Waals surface area contributed by atoms with Gasteiger partial charge in [-0.15, -0.1) is 0 Å². The first-order chi connectivity index (χ1) is 9.16. The van der Waals surface area contributed by atoms with Crippen molar-refractivity contribution in [1.82, 2.24) is 0 Å². The van der Waals surface area contributed by atoms with Gasteiger partial charge in [0, 0.05) is 5.25 Å². The SMILES string of the molecule is CC1CCCCCCCCCCS1.CCCC(C)C. The highest BCUT2D eigenvalue weighted by molar-refractivity contribution is 7.99. The summed E-state index contributed by atoms with van der Waals surface area (Å²) in [5, 5.41) is 0.916. The van der Waals surface area contributed by atoms with Crippen LogP contribution in [0.25, 0.3) is 0 Å². The Hall–Kier alpha value is 0.350. The van der Waals surface area contributed by atoms with Crippen LogP contribution in [-0.4, -0.2) is 11.0 Å². The molecule has 1 aliphatic heterocycles. The van der Waals surface area contributed by atoms with E-state index in [0.717, 1.165) is 11.2 Å². The van der Waals surface area contributed by atoms with Crippen LogP contribution in [0.1, 0.15) is 98.3 Å². The molecule has 0 aromatic heterocycles. The van der Waals surface area contributed by atoms with Gasteiger partial charge in [0.25, 0.3) is 0 Å². The van der Waals surface area contributed by atoms with Crippen LogP contribution in [0.4, 0.5) is 0 Å². The topological polar surface area (TPSA) is 0 Å². The second kappa shape index (κ2) is 14.8. The molecule has 0 saturated carbocycles. The average Bonchev–Trinajstić information content (AvgIpc) is 2.34. The van der Waals surface area contributed by atoms with Gasteiger partial charge < -0.3 is 0 Å². The molecule has 0 radical (unpaired) electrons. The Labute approximate surface area is 127 Å². The summed E-state index contributed by atoms with van der Waals surface area (Å²) in [7, 11) is 0. The van der Waals surface area contributed by atoms with Crippen molar-refractivity contribution in [2.75, 3.05) is 5.75 Å². The molecule has 1 aliphatic rings. The predicted molar refractivity (Wildman–Crippen MR) is 93.2 cm³/mol. The van der Waals surface area contributed by atoms with Gasteiger partial charge in [-0.2, -0.15) is 11.8 Å². The molecule has 1 atom stereocenters. The molecule has 0 aromatic rings. The van der Waals surface area contributed by atoms with Crippen LogP contribution in [-0.2, 0) is 0 Å². The normalized spacial score (nSPS) is 22.9. The summed E-state index contributed by atoms with van der Waals surface area (Å²) in [6.45, 7) is 9.13. The van der Waals surface area contributed by atoms with Gasteiger partial charge >= 0.3 is 0 Å². The molecule has 1 saturated heterocycles. The van der Waals surface area contributed by atoms with E-state index in [1.165, 1.54) is 76.4 Å². The third-order valence-electron chi connectivity index (χ3n) is 3.77. The summed E-state index contributed by atoms with van der Waals surface area (Å²) < 4.78 is 0. The van der Waals surface area contributed by atoms with Crippen LogP contribution in [0.3, 0.4) is 0 Å². The summed E-state index contributed by atoms with van der Waals surface area (Å²) in [6.07, 6.45) is 16.0. The van der Waals surface area contributed by atoms with Crippen molar-refractivity contribution < 1.29 is 0 Å². The molecule has 116 valence electrons. The summed E-state index contributed by atoms with van der Waals surface area (Å²) in [4.78, 5) is 0. The number of rotatable bonds is 2. The molecule has 0 aliphatic carbocycles. The summed E-state index contributed by atoms with van der Waals surface area (Å²) in [6, 6.07) is 0. The fourth-order valence-corrected chi connectivity index (χ4v) is 3.65. The Kier molecular flexibility index (Phi) is 15.0. The van der Waals surface area contributed by atoms with Gasteiger partial charge in [0.2, 0.25) is 0 Å². The molecule has 1 fully saturated rings. The first kappa shape index (κ1) is 19.4. The molecule has 19 heavy (non-hydrogen) atoms. The first-order valence-corrected chi connectivity index (χ1v) is 9.83. The van der Waals surface area contributed by atoms with E-state index in [0.29, 0.717) is 0 Å². The highest BCUT2D eigenvalue weighted by atomic mass is 32.2. The molecule has 1 unspecified atom stereocenters. The molecular weight excluding hydrogens is 248 g/mol.